The molecule has 196 valence electrons. The minimum absolute atomic E-state index is 0.0497. The first kappa shape index (κ1) is 28.7. The molecule has 1 aromatic carbocycles. The number of likely N-dealkylation sites (N-methyl/N-ethyl adjacent to an activating group) is 1. The Morgan fingerprint density at radius 1 is 1.14 bits per heavy atom. The van der Waals surface area contributed by atoms with E-state index in [0.29, 0.717) is 17.2 Å². The fraction of sp³-hybridized carbons (Fsp3) is 0.391. The summed E-state index contributed by atoms with van der Waals surface area (Å²) in [5.74, 6) is 3.19. The van der Waals surface area contributed by atoms with Crippen molar-refractivity contribution in [2.24, 2.45) is 16.0 Å². The van der Waals surface area contributed by atoms with E-state index in [1.807, 2.05) is 30.3 Å². The van der Waals surface area contributed by atoms with Gasteiger partial charge in [-0.1, -0.05) is 41.6 Å². The molecule has 0 spiro atoms. The first-order valence-electron chi connectivity index (χ1n) is 10.8. The summed E-state index contributed by atoms with van der Waals surface area (Å²) in [6.07, 6.45) is -4.63. The van der Waals surface area contributed by atoms with Gasteiger partial charge >= 0.3 is 6.18 Å². The van der Waals surface area contributed by atoms with Gasteiger partial charge in [-0.2, -0.15) is 13.2 Å². The molecule has 2 rings (SSSR count). The number of anilines is 1. The van der Waals surface area contributed by atoms with Gasteiger partial charge in [0.15, 0.2) is 18.2 Å². The Kier molecular flexibility index (Phi) is 10.3. The van der Waals surface area contributed by atoms with Crippen LogP contribution >= 0.6 is 0 Å². The zero-order valence-corrected chi connectivity index (χ0v) is 20.4. The molecule has 36 heavy (non-hydrogen) atoms. The quantitative estimate of drug-likeness (QED) is 0.157. The van der Waals surface area contributed by atoms with Crippen molar-refractivity contribution in [1.82, 2.24) is 9.99 Å². The number of halogens is 3. The number of oxime groups is 1. The van der Waals surface area contributed by atoms with Gasteiger partial charge in [0.05, 0.1) is 5.69 Å². The number of carbonyl (C=O) groups is 1. The monoisotopic (exact) mass is 510 g/mol. The third-order valence-corrected chi connectivity index (χ3v) is 4.57. The summed E-state index contributed by atoms with van der Waals surface area (Å²) in [5, 5.41) is 7.89. The second-order valence-electron chi connectivity index (χ2n) is 7.49. The van der Waals surface area contributed by atoms with E-state index in [9.17, 15) is 18.0 Å². The van der Waals surface area contributed by atoms with Crippen molar-refractivity contribution >= 4 is 23.3 Å². The topological polar surface area (TPSA) is 124 Å². The Bertz CT molecular complexity index is 1060. The Labute approximate surface area is 206 Å². The Morgan fingerprint density at radius 2 is 1.83 bits per heavy atom. The van der Waals surface area contributed by atoms with Gasteiger partial charge in [0.1, 0.15) is 12.4 Å². The molecule has 0 radical (unpaired) electrons. The van der Waals surface area contributed by atoms with Crippen LogP contribution in [0.2, 0.25) is 0 Å². The molecule has 2 aromatic rings. The molecular weight excluding hydrogens is 481 g/mol. The van der Waals surface area contributed by atoms with E-state index in [0.717, 1.165) is 12.5 Å². The summed E-state index contributed by atoms with van der Waals surface area (Å²) in [6, 6.07) is 13.8. The molecule has 0 aliphatic heterocycles. The molecule has 0 aliphatic rings. The lowest BCUT2D eigenvalue weighted by Crippen LogP contribution is -2.47. The van der Waals surface area contributed by atoms with E-state index in [1.54, 1.807) is 26.2 Å². The first-order valence-corrected chi connectivity index (χ1v) is 10.8. The van der Waals surface area contributed by atoms with Gasteiger partial charge in [-0.15, -0.1) is 0 Å². The molecule has 0 bridgehead atoms. The van der Waals surface area contributed by atoms with Crippen LogP contribution in [0.5, 0.6) is 0 Å². The summed E-state index contributed by atoms with van der Waals surface area (Å²) < 4.78 is 47.7. The maximum Gasteiger partial charge on any atom is 0.411 e. The number of aromatic nitrogens is 1. The average molecular weight is 511 g/mol. The molecule has 0 aliphatic carbocycles. The van der Waals surface area contributed by atoms with Gasteiger partial charge in [-0.3, -0.25) is 14.8 Å². The minimum atomic E-state index is -4.63. The van der Waals surface area contributed by atoms with E-state index < -0.39 is 24.5 Å². The number of amides is 1. The summed E-state index contributed by atoms with van der Waals surface area (Å²) >= 11 is 0. The SMILES string of the molecule is CCOC(C)(OCC(F)(F)F)C(=O)Nc1cccc(CO/N=C(\C(=NC)N(C)N)c2ccccc2)n1. The summed E-state index contributed by atoms with van der Waals surface area (Å²) in [6.45, 7) is 0.844. The van der Waals surface area contributed by atoms with Crippen molar-refractivity contribution in [1.29, 1.82) is 0 Å². The van der Waals surface area contributed by atoms with Crippen molar-refractivity contribution in [2.45, 2.75) is 32.4 Å². The number of nitrogens with zero attached hydrogens (tertiary/aromatic N) is 4. The molecule has 1 amide bonds. The number of ether oxygens (including phenoxy) is 2. The van der Waals surface area contributed by atoms with Crippen LogP contribution in [-0.2, 0) is 25.7 Å². The number of rotatable bonds is 11. The lowest BCUT2D eigenvalue weighted by atomic mass is 10.1. The zero-order valence-electron chi connectivity index (χ0n) is 20.4. The molecule has 1 unspecified atom stereocenters. The highest BCUT2D eigenvalue weighted by Gasteiger charge is 2.40. The number of aliphatic imine (C=N–C) groups is 1. The average Bonchev–Trinajstić information content (AvgIpc) is 2.82. The number of amidine groups is 1. The van der Waals surface area contributed by atoms with Crippen molar-refractivity contribution in [3.8, 4) is 0 Å². The number of carbonyl (C=O) groups excluding carboxylic acids is 1. The van der Waals surface area contributed by atoms with Crippen LogP contribution in [0.4, 0.5) is 19.0 Å². The predicted octanol–water partition coefficient (Wildman–Crippen LogP) is 3.11. The number of nitrogens with two attached hydrogens (primary N) is 1. The maximum absolute atomic E-state index is 12.6. The number of alkyl halides is 3. The minimum Gasteiger partial charge on any atom is -0.389 e. The summed E-state index contributed by atoms with van der Waals surface area (Å²) in [7, 11) is 3.18. The molecule has 1 aromatic heterocycles. The Balaban J connectivity index is 2.15. The van der Waals surface area contributed by atoms with Crippen molar-refractivity contribution < 1.29 is 32.3 Å². The molecular formula is C23H29F3N6O4. The van der Waals surface area contributed by atoms with Crippen LogP contribution in [0.15, 0.2) is 58.7 Å². The predicted molar refractivity (Wildman–Crippen MR) is 128 cm³/mol. The van der Waals surface area contributed by atoms with Crippen LogP contribution in [0.1, 0.15) is 25.1 Å². The van der Waals surface area contributed by atoms with Crippen LogP contribution in [0.25, 0.3) is 0 Å². The third kappa shape index (κ3) is 8.59. The van der Waals surface area contributed by atoms with E-state index in [-0.39, 0.29) is 19.0 Å². The smallest absolute Gasteiger partial charge is 0.389 e. The van der Waals surface area contributed by atoms with Gasteiger partial charge < -0.3 is 19.6 Å². The lowest BCUT2D eigenvalue weighted by Gasteiger charge is -2.28. The summed E-state index contributed by atoms with van der Waals surface area (Å²) in [5.41, 5.74) is 1.50. The number of nitrogens with one attached hydrogen (secondary N) is 1. The van der Waals surface area contributed by atoms with Crippen LogP contribution in [-0.4, -0.2) is 66.7 Å². The van der Waals surface area contributed by atoms with Crippen LogP contribution in [0, 0.1) is 0 Å². The normalized spacial score (nSPS) is 14.2. The molecule has 10 nitrogen and oxygen atoms in total. The zero-order chi connectivity index (χ0) is 26.8. The molecule has 0 saturated heterocycles. The molecule has 13 heteroatoms. The van der Waals surface area contributed by atoms with E-state index in [1.165, 1.54) is 18.0 Å². The highest BCUT2D eigenvalue weighted by molar-refractivity contribution is 6.47. The maximum atomic E-state index is 12.6. The fourth-order valence-electron chi connectivity index (χ4n) is 2.94. The standard InChI is InChI=1S/C23H29F3N6O4/c1-5-34-22(2,35-15-23(24,25)26)21(33)30-18-13-9-12-17(29-18)14-36-31-19(20(28-3)32(4)27)16-10-7-6-8-11-16/h6-13H,5,14-15,27H2,1-4H3,(H,29,30,33)/b28-20?,31-19-. The van der Waals surface area contributed by atoms with Crippen LogP contribution in [0.3, 0.4) is 0 Å². The summed E-state index contributed by atoms with van der Waals surface area (Å²) in [4.78, 5) is 26.5. The number of hydrogen-bond acceptors (Lipinski definition) is 8. The van der Waals surface area contributed by atoms with E-state index in [4.69, 9.17) is 20.2 Å². The van der Waals surface area contributed by atoms with E-state index >= 15 is 0 Å². The second-order valence-corrected chi connectivity index (χ2v) is 7.49. The van der Waals surface area contributed by atoms with Crippen molar-refractivity contribution in [2.75, 3.05) is 32.6 Å². The number of hydrazine groups is 1. The number of hydrogen-bond donors (Lipinski definition) is 2. The van der Waals surface area contributed by atoms with E-state index in [2.05, 4.69) is 20.4 Å². The second kappa shape index (κ2) is 13.0. The van der Waals surface area contributed by atoms with Gasteiger partial charge in [0.2, 0.25) is 5.79 Å². The van der Waals surface area contributed by atoms with Gasteiger partial charge in [0.25, 0.3) is 5.91 Å². The lowest BCUT2D eigenvalue weighted by molar-refractivity contribution is -0.262. The van der Waals surface area contributed by atoms with Gasteiger partial charge in [-0.05, 0) is 26.0 Å². The van der Waals surface area contributed by atoms with Crippen molar-refractivity contribution in [3.63, 3.8) is 0 Å². The molecule has 0 saturated carbocycles. The number of benzene rings is 1. The van der Waals surface area contributed by atoms with Gasteiger partial charge in [0, 0.05) is 26.3 Å². The van der Waals surface area contributed by atoms with Crippen LogP contribution < -0.4 is 11.2 Å². The fourth-order valence-corrected chi connectivity index (χ4v) is 2.94. The number of pyridine rings is 1. The first-order chi connectivity index (χ1) is 17.0. The molecule has 0 fully saturated rings. The highest BCUT2D eigenvalue weighted by Crippen LogP contribution is 2.22. The molecule has 1 atom stereocenters. The molecule has 1 heterocycles. The van der Waals surface area contributed by atoms with Crippen molar-refractivity contribution in [3.05, 3.63) is 59.8 Å². The third-order valence-electron chi connectivity index (χ3n) is 4.57. The molecule has 3 N–H and O–H groups in total. The Morgan fingerprint density at radius 3 is 2.42 bits per heavy atom. The highest BCUT2D eigenvalue weighted by atomic mass is 19.4. The largest absolute Gasteiger partial charge is 0.411 e. The van der Waals surface area contributed by atoms with Gasteiger partial charge in [-0.25, -0.2) is 10.8 Å². The Hall–Kier alpha value is -3.55.